The molecular formula is C13H18F2O2S. The van der Waals surface area contributed by atoms with Crippen LogP contribution in [0.2, 0.25) is 0 Å². The maximum atomic E-state index is 12.9. The van der Waals surface area contributed by atoms with Crippen molar-refractivity contribution in [3.8, 4) is 0 Å². The topological polar surface area (TPSA) is 34.1 Å². The molecule has 0 aromatic heterocycles. The molecule has 18 heavy (non-hydrogen) atoms. The zero-order valence-corrected chi connectivity index (χ0v) is 11.8. The molecule has 0 N–H and O–H groups in total. The summed E-state index contributed by atoms with van der Waals surface area (Å²) >= 11 is 0. The lowest BCUT2D eigenvalue weighted by Crippen LogP contribution is -2.24. The first kappa shape index (κ1) is 15.1. The summed E-state index contributed by atoms with van der Waals surface area (Å²) in [5.74, 6) is -4.38. The van der Waals surface area contributed by atoms with Gasteiger partial charge in [0.25, 0.3) is 5.92 Å². The number of sulfone groups is 1. The molecule has 0 radical (unpaired) electrons. The summed E-state index contributed by atoms with van der Waals surface area (Å²) in [4.78, 5) is -0.0450. The van der Waals surface area contributed by atoms with Crippen molar-refractivity contribution in [2.75, 3.05) is 5.75 Å². The van der Waals surface area contributed by atoms with Crippen LogP contribution in [0.4, 0.5) is 8.78 Å². The van der Waals surface area contributed by atoms with Crippen LogP contribution in [0, 0.1) is 0 Å². The first-order valence-corrected chi connectivity index (χ1v) is 7.28. The van der Waals surface area contributed by atoms with E-state index in [1.54, 1.807) is 12.1 Å². The molecule has 1 aromatic rings. The molecule has 0 saturated heterocycles. The molecule has 0 amide bonds. The average Bonchev–Trinajstić information content (AvgIpc) is 2.13. The molecule has 0 aliphatic heterocycles. The molecule has 0 atom stereocenters. The standard InChI is InChI=1S/C13H18F2O2S/c1-12(2,3)10-6-5-7-11(8-10)18(16,17)9-13(4,14)15/h5-8H,9H2,1-4H3. The SMILES string of the molecule is CC(F)(F)CS(=O)(=O)c1cccc(C(C)(C)C)c1. The van der Waals surface area contributed by atoms with E-state index in [4.69, 9.17) is 0 Å². The van der Waals surface area contributed by atoms with Crippen molar-refractivity contribution in [2.45, 2.75) is 43.9 Å². The molecule has 0 unspecified atom stereocenters. The fourth-order valence-corrected chi connectivity index (χ4v) is 3.00. The normalized spacial score (nSPS) is 13.7. The Morgan fingerprint density at radius 2 is 1.67 bits per heavy atom. The van der Waals surface area contributed by atoms with E-state index in [-0.39, 0.29) is 10.3 Å². The van der Waals surface area contributed by atoms with Crippen molar-refractivity contribution in [2.24, 2.45) is 0 Å². The van der Waals surface area contributed by atoms with E-state index in [0.29, 0.717) is 6.92 Å². The van der Waals surface area contributed by atoms with Crippen LogP contribution in [0.5, 0.6) is 0 Å². The molecule has 0 aliphatic carbocycles. The summed E-state index contributed by atoms with van der Waals surface area (Å²) in [5.41, 5.74) is 0.586. The molecule has 0 bridgehead atoms. The van der Waals surface area contributed by atoms with Crippen LogP contribution >= 0.6 is 0 Å². The van der Waals surface area contributed by atoms with Gasteiger partial charge in [-0.15, -0.1) is 0 Å². The zero-order valence-electron chi connectivity index (χ0n) is 11.0. The van der Waals surface area contributed by atoms with Crippen LogP contribution in [-0.4, -0.2) is 20.1 Å². The van der Waals surface area contributed by atoms with Gasteiger partial charge in [-0.3, -0.25) is 0 Å². The molecule has 0 spiro atoms. The predicted molar refractivity (Wildman–Crippen MR) is 67.8 cm³/mol. The van der Waals surface area contributed by atoms with E-state index in [1.807, 2.05) is 20.8 Å². The van der Waals surface area contributed by atoms with Gasteiger partial charge in [-0.25, -0.2) is 17.2 Å². The minimum atomic E-state index is -3.95. The summed E-state index contributed by atoms with van der Waals surface area (Å²) in [5, 5.41) is 0. The van der Waals surface area contributed by atoms with Crippen LogP contribution in [-0.2, 0) is 15.3 Å². The lowest BCUT2D eigenvalue weighted by molar-refractivity contribution is 0.0473. The number of alkyl halides is 2. The monoisotopic (exact) mass is 276 g/mol. The Labute approximate surface area is 107 Å². The molecule has 1 rings (SSSR count). The van der Waals surface area contributed by atoms with E-state index >= 15 is 0 Å². The second-order valence-corrected chi connectivity index (χ2v) is 7.60. The van der Waals surface area contributed by atoms with E-state index in [9.17, 15) is 17.2 Å². The van der Waals surface area contributed by atoms with E-state index in [1.165, 1.54) is 12.1 Å². The summed E-state index contributed by atoms with van der Waals surface area (Å²) in [6, 6.07) is 6.21. The van der Waals surface area contributed by atoms with Crippen LogP contribution in [0.1, 0.15) is 33.3 Å². The van der Waals surface area contributed by atoms with Crippen molar-refractivity contribution in [3.05, 3.63) is 29.8 Å². The van der Waals surface area contributed by atoms with E-state index in [2.05, 4.69) is 0 Å². The maximum absolute atomic E-state index is 12.9. The lowest BCUT2D eigenvalue weighted by Gasteiger charge is -2.20. The summed E-state index contributed by atoms with van der Waals surface area (Å²) in [6.45, 7) is 6.42. The number of hydrogen-bond donors (Lipinski definition) is 0. The minimum absolute atomic E-state index is 0.0450. The van der Waals surface area contributed by atoms with Gasteiger partial charge in [0.05, 0.1) is 4.90 Å². The fraction of sp³-hybridized carbons (Fsp3) is 0.538. The van der Waals surface area contributed by atoms with Gasteiger partial charge in [-0.05, 0) is 23.1 Å². The first-order chi connectivity index (χ1) is 7.92. The smallest absolute Gasteiger partial charge is 0.223 e. The number of rotatable bonds is 3. The maximum Gasteiger partial charge on any atom is 0.259 e. The largest absolute Gasteiger partial charge is 0.259 e. The molecule has 2 nitrogen and oxygen atoms in total. The quantitative estimate of drug-likeness (QED) is 0.847. The minimum Gasteiger partial charge on any atom is -0.223 e. The lowest BCUT2D eigenvalue weighted by atomic mass is 9.87. The first-order valence-electron chi connectivity index (χ1n) is 5.63. The third kappa shape index (κ3) is 4.05. The van der Waals surface area contributed by atoms with Gasteiger partial charge < -0.3 is 0 Å². The van der Waals surface area contributed by atoms with Gasteiger partial charge in [0, 0.05) is 6.92 Å². The predicted octanol–water partition coefficient (Wildman–Crippen LogP) is 3.41. The van der Waals surface area contributed by atoms with Gasteiger partial charge >= 0.3 is 0 Å². The highest BCUT2D eigenvalue weighted by molar-refractivity contribution is 7.91. The Hall–Kier alpha value is -0.970. The average molecular weight is 276 g/mol. The van der Waals surface area contributed by atoms with Crippen LogP contribution in [0.25, 0.3) is 0 Å². The second-order valence-electron chi connectivity index (χ2n) is 5.61. The van der Waals surface area contributed by atoms with Crippen molar-refractivity contribution < 1.29 is 17.2 Å². The molecule has 0 saturated carbocycles. The zero-order chi connectivity index (χ0) is 14.2. The number of benzene rings is 1. The molecule has 0 aliphatic rings. The molecule has 0 heterocycles. The Morgan fingerprint density at radius 1 is 1.11 bits per heavy atom. The Kier molecular flexibility index (Phi) is 3.86. The summed E-state index contributed by atoms with van der Waals surface area (Å²) < 4.78 is 49.4. The van der Waals surface area contributed by atoms with Crippen molar-refractivity contribution >= 4 is 9.84 Å². The van der Waals surface area contributed by atoms with Gasteiger partial charge in [0.2, 0.25) is 0 Å². The highest BCUT2D eigenvalue weighted by Crippen LogP contribution is 2.26. The number of hydrogen-bond acceptors (Lipinski definition) is 2. The summed E-state index contributed by atoms with van der Waals surface area (Å²) in [6.07, 6.45) is 0. The Balaban J connectivity index is 3.19. The van der Waals surface area contributed by atoms with E-state index in [0.717, 1.165) is 5.56 Å². The van der Waals surface area contributed by atoms with Crippen LogP contribution in [0.15, 0.2) is 29.2 Å². The third-order valence-corrected chi connectivity index (χ3v) is 4.36. The molecule has 5 heteroatoms. The highest BCUT2D eigenvalue weighted by atomic mass is 32.2. The molecule has 0 fully saturated rings. The van der Waals surface area contributed by atoms with Gasteiger partial charge in [0.1, 0.15) is 5.75 Å². The van der Waals surface area contributed by atoms with E-state index < -0.39 is 21.5 Å². The number of halogens is 2. The van der Waals surface area contributed by atoms with Crippen molar-refractivity contribution in [3.63, 3.8) is 0 Å². The molecular weight excluding hydrogens is 258 g/mol. The van der Waals surface area contributed by atoms with Gasteiger partial charge in [-0.2, -0.15) is 0 Å². The molecule has 102 valence electrons. The van der Waals surface area contributed by atoms with Crippen molar-refractivity contribution in [1.82, 2.24) is 0 Å². The Morgan fingerprint density at radius 3 is 2.11 bits per heavy atom. The van der Waals surface area contributed by atoms with Crippen LogP contribution < -0.4 is 0 Å². The fourth-order valence-electron chi connectivity index (χ4n) is 1.57. The van der Waals surface area contributed by atoms with Gasteiger partial charge in [-0.1, -0.05) is 32.9 Å². The summed E-state index contributed by atoms with van der Waals surface area (Å²) in [7, 11) is -3.95. The third-order valence-electron chi connectivity index (χ3n) is 2.50. The Bertz CT molecular complexity index is 523. The molecule has 1 aromatic carbocycles. The van der Waals surface area contributed by atoms with Crippen LogP contribution in [0.3, 0.4) is 0 Å². The van der Waals surface area contributed by atoms with Crippen molar-refractivity contribution in [1.29, 1.82) is 0 Å². The second kappa shape index (κ2) is 4.61. The van der Waals surface area contributed by atoms with Gasteiger partial charge in [0.15, 0.2) is 9.84 Å². The highest BCUT2D eigenvalue weighted by Gasteiger charge is 2.31.